The third-order valence-corrected chi connectivity index (χ3v) is 5.33. The van der Waals surface area contributed by atoms with Crippen LogP contribution in [0.4, 0.5) is 5.69 Å². The van der Waals surface area contributed by atoms with Crippen molar-refractivity contribution in [3.63, 3.8) is 0 Å². The van der Waals surface area contributed by atoms with Crippen LogP contribution in [0.2, 0.25) is 0 Å². The molecular formula is C22H27N5O2. The number of hydrogen-bond donors (Lipinski definition) is 1. The molecule has 2 aromatic carbocycles. The van der Waals surface area contributed by atoms with Crippen LogP contribution in [0.3, 0.4) is 0 Å². The summed E-state index contributed by atoms with van der Waals surface area (Å²) in [5.41, 5.74) is 2.68. The van der Waals surface area contributed by atoms with E-state index >= 15 is 0 Å². The van der Waals surface area contributed by atoms with Gasteiger partial charge in [0.2, 0.25) is 0 Å². The summed E-state index contributed by atoms with van der Waals surface area (Å²) < 4.78 is 7.64. The van der Waals surface area contributed by atoms with E-state index in [0.717, 1.165) is 55.3 Å². The van der Waals surface area contributed by atoms with Gasteiger partial charge in [0.15, 0.2) is 6.61 Å². The van der Waals surface area contributed by atoms with Crippen molar-refractivity contribution in [2.75, 3.05) is 45.2 Å². The number of para-hydroxylation sites is 1. The third kappa shape index (κ3) is 4.75. The number of likely N-dealkylation sites (N-methyl/N-ethyl adjacent to an activating group) is 1. The molecule has 4 rings (SSSR count). The Morgan fingerprint density at radius 3 is 2.59 bits per heavy atom. The Balaban J connectivity index is 1.40. The second-order valence-electron chi connectivity index (χ2n) is 7.52. The summed E-state index contributed by atoms with van der Waals surface area (Å²) in [6, 6.07) is 15.2. The number of carbonyl (C=O) groups excluding carboxylic acids is 1. The van der Waals surface area contributed by atoms with E-state index in [1.165, 1.54) is 0 Å². The Morgan fingerprint density at radius 1 is 1.07 bits per heavy atom. The van der Waals surface area contributed by atoms with Crippen LogP contribution in [0.15, 0.2) is 48.5 Å². The number of hydrogen-bond acceptors (Lipinski definition) is 5. The number of aryl methyl sites for hydroxylation is 1. The molecule has 0 unspecified atom stereocenters. The number of aromatic nitrogens is 2. The van der Waals surface area contributed by atoms with Gasteiger partial charge in [-0.2, -0.15) is 0 Å². The van der Waals surface area contributed by atoms with Gasteiger partial charge in [0, 0.05) is 38.9 Å². The van der Waals surface area contributed by atoms with E-state index in [0.29, 0.717) is 5.75 Å². The number of amides is 1. The molecule has 1 N–H and O–H groups in total. The molecule has 2 heterocycles. The topological polar surface area (TPSA) is 62.6 Å². The predicted molar refractivity (Wildman–Crippen MR) is 114 cm³/mol. The fraction of sp³-hybridized carbons (Fsp3) is 0.364. The summed E-state index contributed by atoms with van der Waals surface area (Å²) in [7, 11) is 4.21. The van der Waals surface area contributed by atoms with Crippen molar-refractivity contribution in [3.05, 3.63) is 54.4 Å². The molecule has 0 radical (unpaired) electrons. The van der Waals surface area contributed by atoms with Crippen molar-refractivity contribution in [1.82, 2.24) is 19.4 Å². The molecule has 1 aliphatic heterocycles. The van der Waals surface area contributed by atoms with Gasteiger partial charge < -0.3 is 19.5 Å². The zero-order valence-corrected chi connectivity index (χ0v) is 17.0. The van der Waals surface area contributed by atoms with Crippen molar-refractivity contribution < 1.29 is 9.53 Å². The van der Waals surface area contributed by atoms with Gasteiger partial charge in [0.25, 0.3) is 5.91 Å². The van der Waals surface area contributed by atoms with Gasteiger partial charge in [-0.05, 0) is 37.4 Å². The monoisotopic (exact) mass is 393 g/mol. The number of piperazine rings is 1. The van der Waals surface area contributed by atoms with Crippen LogP contribution in [0.5, 0.6) is 5.75 Å². The fourth-order valence-corrected chi connectivity index (χ4v) is 3.54. The first-order valence-electron chi connectivity index (χ1n) is 9.92. The second kappa shape index (κ2) is 8.63. The number of fused-ring (bicyclic) bond motifs is 1. The lowest BCUT2D eigenvalue weighted by molar-refractivity contribution is -0.118. The van der Waals surface area contributed by atoms with Crippen LogP contribution < -0.4 is 10.1 Å². The summed E-state index contributed by atoms with van der Waals surface area (Å²) in [5, 5.41) is 2.89. The highest BCUT2D eigenvalue weighted by Crippen LogP contribution is 2.21. The molecule has 152 valence electrons. The molecular weight excluding hydrogens is 366 g/mol. The maximum atomic E-state index is 12.2. The summed E-state index contributed by atoms with van der Waals surface area (Å²) in [6.07, 6.45) is 0. The number of rotatable bonds is 6. The van der Waals surface area contributed by atoms with Crippen LogP contribution >= 0.6 is 0 Å². The molecule has 29 heavy (non-hydrogen) atoms. The molecule has 0 spiro atoms. The SMILES string of the molecule is CN1CCN(Cc2nc3cc(NC(=O)COc4ccccc4)ccc3n2C)CC1. The van der Waals surface area contributed by atoms with Crippen molar-refractivity contribution in [1.29, 1.82) is 0 Å². The molecule has 1 fully saturated rings. The first kappa shape index (κ1) is 19.4. The van der Waals surface area contributed by atoms with Gasteiger partial charge in [0.05, 0.1) is 17.6 Å². The number of imidazole rings is 1. The molecule has 7 nitrogen and oxygen atoms in total. The summed E-state index contributed by atoms with van der Waals surface area (Å²) >= 11 is 0. The van der Waals surface area contributed by atoms with Gasteiger partial charge in [-0.1, -0.05) is 18.2 Å². The van der Waals surface area contributed by atoms with Crippen molar-refractivity contribution in [2.24, 2.45) is 7.05 Å². The Kier molecular flexibility index (Phi) is 5.78. The third-order valence-electron chi connectivity index (χ3n) is 5.33. The van der Waals surface area contributed by atoms with Crippen LogP contribution in [0.25, 0.3) is 11.0 Å². The predicted octanol–water partition coefficient (Wildman–Crippen LogP) is 2.34. The van der Waals surface area contributed by atoms with Crippen molar-refractivity contribution in [2.45, 2.75) is 6.54 Å². The molecule has 1 saturated heterocycles. The van der Waals surface area contributed by atoms with E-state index in [1.54, 1.807) is 0 Å². The lowest BCUT2D eigenvalue weighted by atomic mass is 10.2. The van der Waals surface area contributed by atoms with Crippen molar-refractivity contribution in [3.8, 4) is 5.75 Å². The van der Waals surface area contributed by atoms with E-state index in [-0.39, 0.29) is 12.5 Å². The average Bonchev–Trinajstić information content (AvgIpc) is 3.04. The standard InChI is InChI=1S/C22H27N5O2/c1-25-10-12-27(13-11-25)15-21-24-19-14-17(8-9-20(19)26(21)2)23-22(28)16-29-18-6-4-3-5-7-18/h3-9,14H,10-13,15-16H2,1-2H3,(H,23,28). The summed E-state index contributed by atoms with van der Waals surface area (Å²) in [6.45, 7) is 5.10. The van der Waals surface area contributed by atoms with E-state index in [4.69, 9.17) is 9.72 Å². The van der Waals surface area contributed by atoms with Gasteiger partial charge in [-0.25, -0.2) is 4.98 Å². The zero-order valence-electron chi connectivity index (χ0n) is 17.0. The smallest absolute Gasteiger partial charge is 0.262 e. The molecule has 0 aliphatic carbocycles. The lowest BCUT2D eigenvalue weighted by Gasteiger charge is -2.31. The normalized spacial score (nSPS) is 15.5. The highest BCUT2D eigenvalue weighted by atomic mass is 16.5. The Bertz CT molecular complexity index is 978. The molecule has 0 atom stereocenters. The average molecular weight is 393 g/mol. The van der Waals surface area contributed by atoms with Crippen LogP contribution in [0, 0.1) is 0 Å². The second-order valence-corrected chi connectivity index (χ2v) is 7.52. The molecule has 1 aromatic heterocycles. The van der Waals surface area contributed by atoms with E-state index in [9.17, 15) is 4.79 Å². The van der Waals surface area contributed by atoms with E-state index in [1.807, 2.05) is 55.6 Å². The van der Waals surface area contributed by atoms with Crippen LogP contribution in [-0.2, 0) is 18.4 Å². The van der Waals surface area contributed by atoms with Gasteiger partial charge in [-0.15, -0.1) is 0 Å². The van der Waals surface area contributed by atoms with Gasteiger partial charge >= 0.3 is 0 Å². The fourth-order valence-electron chi connectivity index (χ4n) is 3.54. The number of nitrogens with zero attached hydrogens (tertiary/aromatic N) is 4. The van der Waals surface area contributed by atoms with E-state index < -0.39 is 0 Å². The quantitative estimate of drug-likeness (QED) is 0.697. The van der Waals surface area contributed by atoms with Crippen molar-refractivity contribution >= 4 is 22.6 Å². The maximum Gasteiger partial charge on any atom is 0.262 e. The lowest BCUT2D eigenvalue weighted by Crippen LogP contribution is -2.44. The van der Waals surface area contributed by atoms with Crippen LogP contribution in [0.1, 0.15) is 5.82 Å². The minimum absolute atomic E-state index is 0.0288. The molecule has 3 aromatic rings. The summed E-state index contributed by atoms with van der Waals surface area (Å²) in [5.74, 6) is 1.53. The van der Waals surface area contributed by atoms with Gasteiger partial charge in [0.1, 0.15) is 11.6 Å². The minimum Gasteiger partial charge on any atom is -0.484 e. The Morgan fingerprint density at radius 2 is 1.83 bits per heavy atom. The van der Waals surface area contributed by atoms with E-state index in [2.05, 4.69) is 26.7 Å². The number of ether oxygens (including phenoxy) is 1. The Labute approximate surface area is 170 Å². The largest absolute Gasteiger partial charge is 0.484 e. The molecule has 0 saturated carbocycles. The highest BCUT2D eigenvalue weighted by molar-refractivity contribution is 5.94. The summed E-state index contributed by atoms with van der Waals surface area (Å²) in [4.78, 5) is 21.8. The molecule has 1 amide bonds. The number of anilines is 1. The maximum absolute atomic E-state index is 12.2. The first-order chi connectivity index (χ1) is 14.1. The first-order valence-corrected chi connectivity index (χ1v) is 9.92. The molecule has 0 bridgehead atoms. The molecule has 1 aliphatic rings. The van der Waals surface area contributed by atoms with Gasteiger partial charge in [-0.3, -0.25) is 9.69 Å². The highest BCUT2D eigenvalue weighted by Gasteiger charge is 2.17. The number of nitrogens with one attached hydrogen (secondary N) is 1. The minimum atomic E-state index is -0.193. The number of carbonyl (C=O) groups is 1. The Hall–Kier alpha value is -2.90. The molecule has 7 heteroatoms. The zero-order chi connectivity index (χ0) is 20.2. The van der Waals surface area contributed by atoms with Crippen LogP contribution in [-0.4, -0.2) is 65.1 Å². The number of benzene rings is 2.